The largest absolute Gasteiger partial charge is 0.135 e. The van der Waals surface area contributed by atoms with Crippen LogP contribution in [0.5, 0.6) is 0 Å². The highest BCUT2D eigenvalue weighted by Gasteiger charge is 2.35. The van der Waals surface area contributed by atoms with E-state index < -0.39 is 0 Å². The monoisotopic (exact) mass is 654 g/mol. The Balaban J connectivity index is 0.965. The van der Waals surface area contributed by atoms with E-state index in [-0.39, 0.29) is 5.41 Å². The van der Waals surface area contributed by atoms with Crippen molar-refractivity contribution in [1.82, 2.24) is 0 Å². The lowest BCUT2D eigenvalue weighted by atomic mass is 9.80. The van der Waals surface area contributed by atoms with Crippen LogP contribution in [0, 0.1) is 0 Å². The molecule has 1 heteroatoms. The second kappa shape index (κ2) is 10.3. The van der Waals surface area contributed by atoms with Crippen molar-refractivity contribution in [3.63, 3.8) is 0 Å². The molecule has 8 aromatic rings. The van der Waals surface area contributed by atoms with Crippen LogP contribution < -0.4 is 0 Å². The fourth-order valence-corrected chi connectivity index (χ4v) is 10.2. The molecule has 1 heterocycles. The Hall–Kier alpha value is -5.50. The highest BCUT2D eigenvalue weighted by atomic mass is 32.1. The van der Waals surface area contributed by atoms with Gasteiger partial charge in [-0.25, -0.2) is 0 Å². The third kappa shape index (κ3) is 3.99. The minimum absolute atomic E-state index is 0.00576. The van der Waals surface area contributed by atoms with Crippen molar-refractivity contribution in [2.24, 2.45) is 0 Å². The van der Waals surface area contributed by atoms with Gasteiger partial charge < -0.3 is 0 Å². The first-order valence-electron chi connectivity index (χ1n) is 17.8. The molecule has 50 heavy (non-hydrogen) atoms. The zero-order valence-electron chi connectivity index (χ0n) is 28.2. The number of allylic oxidation sites excluding steroid dienone is 3. The molecule has 0 saturated heterocycles. The molecule has 3 aliphatic carbocycles. The molecule has 0 radical (unpaired) electrons. The molecular formula is C49H34S. The molecule has 0 fully saturated rings. The summed E-state index contributed by atoms with van der Waals surface area (Å²) in [5, 5.41) is 5.49. The summed E-state index contributed by atoms with van der Waals surface area (Å²) in [6.45, 7) is 4.72. The van der Waals surface area contributed by atoms with Gasteiger partial charge in [-0.05, 0) is 132 Å². The number of hydrogen-bond donors (Lipinski definition) is 0. The van der Waals surface area contributed by atoms with Crippen molar-refractivity contribution in [2.75, 3.05) is 0 Å². The van der Waals surface area contributed by atoms with Crippen LogP contribution in [0.3, 0.4) is 0 Å². The lowest BCUT2D eigenvalue weighted by Crippen LogP contribution is -2.14. The van der Waals surface area contributed by atoms with Crippen LogP contribution in [0.2, 0.25) is 0 Å². The van der Waals surface area contributed by atoms with E-state index in [1.165, 1.54) is 109 Å². The SMILES string of the molecule is CC1(C)c2ccccc2-c2ccc(-c3ccc4sc5ccc(-c6ccc(-c7ccc8c9c%10c(ccc79)C=CCC%10=CC8)cc6)cc5c4c3)cc21. The predicted octanol–water partition coefficient (Wildman–Crippen LogP) is 13.9. The standard InChI is InChI=1S/C49H34S/c1-49(2)43-9-4-3-8-38(43)39-22-18-36(28-44(39)49)35-20-25-46-42(27-35)41-26-34(19-24-45(41)50-46)29-10-12-30(13-11-29)37-21-16-33-15-14-31-6-5-7-32-17-23-40(37)48(33)47(31)32/h3-5,7-14,16-28H,6,15H2,1-2H3. The molecule has 0 aliphatic heterocycles. The third-order valence-electron chi connectivity index (χ3n) is 11.7. The average Bonchev–Trinajstić information content (AvgIpc) is 3.64. The fraction of sp³-hybridized carbons (Fsp3) is 0.102. The Morgan fingerprint density at radius 3 is 2.00 bits per heavy atom. The Bertz CT molecular complexity index is 2820. The lowest BCUT2D eigenvalue weighted by molar-refractivity contribution is 0.660. The maximum absolute atomic E-state index is 2.43. The highest BCUT2D eigenvalue weighted by molar-refractivity contribution is 7.25. The molecule has 7 aromatic carbocycles. The summed E-state index contributed by atoms with van der Waals surface area (Å²) in [6, 6.07) is 48.6. The number of fused-ring (bicyclic) bond motifs is 6. The Labute approximate surface area is 296 Å². The molecule has 1 aromatic heterocycles. The van der Waals surface area contributed by atoms with Gasteiger partial charge in [0.2, 0.25) is 0 Å². The average molecular weight is 655 g/mol. The van der Waals surface area contributed by atoms with Crippen LogP contribution in [0.4, 0.5) is 0 Å². The van der Waals surface area contributed by atoms with Gasteiger partial charge >= 0.3 is 0 Å². The van der Waals surface area contributed by atoms with E-state index in [0.717, 1.165) is 12.8 Å². The van der Waals surface area contributed by atoms with Crippen LogP contribution in [0.15, 0.2) is 140 Å². The summed E-state index contributed by atoms with van der Waals surface area (Å²) in [7, 11) is 0. The minimum atomic E-state index is -0.00576. The summed E-state index contributed by atoms with van der Waals surface area (Å²) in [5.74, 6) is 0. The number of hydrogen-bond acceptors (Lipinski definition) is 1. The third-order valence-corrected chi connectivity index (χ3v) is 12.9. The van der Waals surface area contributed by atoms with Crippen LogP contribution in [0.25, 0.3) is 87.1 Å². The Kier molecular flexibility index (Phi) is 5.82. The molecule has 0 atom stereocenters. The maximum Gasteiger partial charge on any atom is 0.0355 e. The summed E-state index contributed by atoms with van der Waals surface area (Å²) in [6.07, 6.45) is 9.09. The second-order valence-corrected chi connectivity index (χ2v) is 15.9. The molecule has 0 spiro atoms. The highest BCUT2D eigenvalue weighted by Crippen LogP contribution is 2.50. The van der Waals surface area contributed by atoms with Crippen LogP contribution >= 0.6 is 11.3 Å². The fourth-order valence-electron chi connectivity index (χ4n) is 9.14. The number of rotatable bonds is 3. The van der Waals surface area contributed by atoms with Gasteiger partial charge in [-0.3, -0.25) is 0 Å². The van der Waals surface area contributed by atoms with Gasteiger partial charge in [-0.2, -0.15) is 0 Å². The first kappa shape index (κ1) is 28.3. The van der Waals surface area contributed by atoms with Crippen LogP contribution in [-0.2, 0) is 11.8 Å². The molecule has 3 aliphatic rings. The molecule has 236 valence electrons. The van der Waals surface area contributed by atoms with Gasteiger partial charge in [-0.15, -0.1) is 11.3 Å². The molecule has 0 nitrogen and oxygen atoms in total. The van der Waals surface area contributed by atoms with Crippen molar-refractivity contribution in [3.8, 4) is 44.5 Å². The normalized spacial score (nSPS) is 15.0. The van der Waals surface area contributed by atoms with Crippen molar-refractivity contribution >= 4 is 53.9 Å². The van der Waals surface area contributed by atoms with E-state index in [4.69, 9.17) is 0 Å². The zero-order valence-corrected chi connectivity index (χ0v) is 29.0. The lowest BCUT2D eigenvalue weighted by Gasteiger charge is -2.24. The topological polar surface area (TPSA) is 0 Å². The Morgan fingerprint density at radius 2 is 1.18 bits per heavy atom. The summed E-state index contributed by atoms with van der Waals surface area (Å²) in [4.78, 5) is 0. The van der Waals surface area contributed by atoms with Gasteiger partial charge in [0.05, 0.1) is 0 Å². The first-order valence-corrected chi connectivity index (χ1v) is 18.6. The number of thiophene rings is 1. The molecule has 0 unspecified atom stereocenters. The van der Waals surface area contributed by atoms with E-state index in [0.29, 0.717) is 0 Å². The van der Waals surface area contributed by atoms with Crippen molar-refractivity contribution < 1.29 is 0 Å². The quantitative estimate of drug-likeness (QED) is 0.178. The van der Waals surface area contributed by atoms with Crippen molar-refractivity contribution in [3.05, 3.63) is 167 Å². The van der Waals surface area contributed by atoms with Crippen molar-refractivity contribution in [1.29, 1.82) is 0 Å². The molecule has 11 rings (SSSR count). The van der Waals surface area contributed by atoms with E-state index in [1.807, 2.05) is 11.3 Å². The van der Waals surface area contributed by atoms with Crippen LogP contribution in [0.1, 0.15) is 48.1 Å². The van der Waals surface area contributed by atoms with Crippen LogP contribution in [-0.4, -0.2) is 0 Å². The zero-order chi connectivity index (χ0) is 33.1. The minimum Gasteiger partial charge on any atom is -0.135 e. The van der Waals surface area contributed by atoms with E-state index in [9.17, 15) is 0 Å². The van der Waals surface area contributed by atoms with Gasteiger partial charge in [0.25, 0.3) is 0 Å². The summed E-state index contributed by atoms with van der Waals surface area (Å²) >= 11 is 1.89. The summed E-state index contributed by atoms with van der Waals surface area (Å²) in [5.41, 5.74) is 19.0. The Morgan fingerprint density at radius 1 is 0.520 bits per heavy atom. The second-order valence-electron chi connectivity index (χ2n) is 14.8. The smallest absolute Gasteiger partial charge is 0.0355 e. The molecular weight excluding hydrogens is 621 g/mol. The molecule has 0 N–H and O–H groups in total. The van der Waals surface area contributed by atoms with E-state index in [2.05, 4.69) is 159 Å². The molecule has 0 bridgehead atoms. The molecule has 0 amide bonds. The van der Waals surface area contributed by atoms with Gasteiger partial charge in [0, 0.05) is 25.6 Å². The van der Waals surface area contributed by atoms with Crippen molar-refractivity contribution in [2.45, 2.75) is 32.1 Å². The number of benzene rings is 7. The van der Waals surface area contributed by atoms with E-state index >= 15 is 0 Å². The van der Waals surface area contributed by atoms with E-state index in [1.54, 1.807) is 0 Å². The first-order chi connectivity index (χ1) is 24.5. The maximum atomic E-state index is 2.43. The van der Waals surface area contributed by atoms with Gasteiger partial charge in [0.1, 0.15) is 0 Å². The predicted molar refractivity (Wildman–Crippen MR) is 216 cm³/mol. The molecule has 0 saturated carbocycles. The summed E-state index contributed by atoms with van der Waals surface area (Å²) < 4.78 is 2.67. The van der Waals surface area contributed by atoms with Gasteiger partial charge in [0.15, 0.2) is 0 Å². The van der Waals surface area contributed by atoms with Gasteiger partial charge in [-0.1, -0.05) is 129 Å².